The van der Waals surface area contributed by atoms with Crippen LogP contribution in [0.2, 0.25) is 0 Å². The third-order valence-corrected chi connectivity index (χ3v) is 4.35. The van der Waals surface area contributed by atoms with Crippen LogP contribution >= 0.6 is 0 Å². The number of benzene rings is 3. The van der Waals surface area contributed by atoms with E-state index in [0.29, 0.717) is 11.3 Å². The Kier molecular flexibility index (Phi) is 5.55. The highest BCUT2D eigenvalue weighted by Gasteiger charge is 2.34. The summed E-state index contributed by atoms with van der Waals surface area (Å²) in [7, 11) is 0. The number of ketones is 2. The molecule has 1 aliphatic carbocycles. The van der Waals surface area contributed by atoms with Crippen LogP contribution in [0.5, 0.6) is 23.0 Å². The van der Waals surface area contributed by atoms with Crippen molar-refractivity contribution in [3.8, 4) is 23.0 Å². The van der Waals surface area contributed by atoms with E-state index in [1.807, 2.05) is 0 Å². The third-order valence-electron chi connectivity index (χ3n) is 4.35. The average molecular weight is 406 g/mol. The van der Waals surface area contributed by atoms with Crippen molar-refractivity contribution in [3.05, 3.63) is 82.4 Å². The molecular weight excluding hydrogens is 388 g/mol. The van der Waals surface area contributed by atoms with Gasteiger partial charge in [-0.1, -0.05) is 12.1 Å². The van der Waals surface area contributed by atoms with Gasteiger partial charge in [0.05, 0.1) is 11.1 Å². The van der Waals surface area contributed by atoms with Crippen LogP contribution < -0.4 is 4.74 Å². The number of carbonyl (C=O) groups is 3. The van der Waals surface area contributed by atoms with E-state index in [-0.39, 0.29) is 51.3 Å². The van der Waals surface area contributed by atoms with Crippen molar-refractivity contribution in [2.24, 2.45) is 0 Å². The molecule has 0 amide bonds. The molecule has 0 aromatic heterocycles. The molecule has 30 heavy (non-hydrogen) atoms. The molecule has 3 aromatic rings. The largest absolute Gasteiger partial charge is 0.508 e. The Balaban J connectivity index is 0.000000199. The van der Waals surface area contributed by atoms with Crippen LogP contribution in [-0.2, 0) is 4.79 Å². The van der Waals surface area contributed by atoms with Gasteiger partial charge in [0, 0.05) is 18.1 Å². The third kappa shape index (κ3) is 4.00. The van der Waals surface area contributed by atoms with E-state index in [2.05, 4.69) is 0 Å². The van der Waals surface area contributed by atoms with Crippen LogP contribution in [-0.4, -0.2) is 32.9 Å². The number of esters is 1. The highest BCUT2D eigenvalue weighted by atomic mass is 16.5. The van der Waals surface area contributed by atoms with Gasteiger partial charge in [0.15, 0.2) is 5.78 Å². The standard InChI is InChI=1S/C15H10O4.C8H8O3/c1-7-5-9-13(11(17)6-7)15(19)12-8(14(9)18)3-2-4-10(12)16;1-6(9)11-8-4-2-7(10)3-5-8/h2-6,16-17H,1H3;2-5,10H,1H3. The maximum Gasteiger partial charge on any atom is 0.308 e. The summed E-state index contributed by atoms with van der Waals surface area (Å²) < 4.78 is 4.72. The lowest BCUT2D eigenvalue weighted by Crippen LogP contribution is -2.21. The average Bonchev–Trinajstić information content (AvgIpc) is 2.67. The SMILES string of the molecule is CC(=O)Oc1ccc(O)cc1.Cc1cc(O)c2c(c1)C(=O)c1cccc(O)c1C2=O. The fraction of sp³-hybridized carbons (Fsp3) is 0.0870. The molecule has 152 valence electrons. The van der Waals surface area contributed by atoms with Crippen LogP contribution in [0.1, 0.15) is 44.3 Å². The summed E-state index contributed by atoms with van der Waals surface area (Å²) >= 11 is 0. The van der Waals surface area contributed by atoms with Crippen molar-refractivity contribution in [3.63, 3.8) is 0 Å². The smallest absolute Gasteiger partial charge is 0.308 e. The van der Waals surface area contributed by atoms with E-state index >= 15 is 0 Å². The summed E-state index contributed by atoms with van der Waals surface area (Å²) in [6, 6.07) is 13.3. The summed E-state index contributed by atoms with van der Waals surface area (Å²) in [6.07, 6.45) is 0. The summed E-state index contributed by atoms with van der Waals surface area (Å²) in [6.45, 7) is 3.06. The zero-order valence-corrected chi connectivity index (χ0v) is 16.2. The van der Waals surface area contributed by atoms with Gasteiger partial charge in [0.2, 0.25) is 5.78 Å². The molecule has 3 N–H and O–H groups in total. The number of rotatable bonds is 1. The lowest BCUT2D eigenvalue weighted by molar-refractivity contribution is -0.131. The molecule has 0 atom stereocenters. The topological polar surface area (TPSA) is 121 Å². The fourth-order valence-electron chi connectivity index (χ4n) is 3.10. The second-order valence-corrected chi connectivity index (χ2v) is 6.65. The van der Waals surface area contributed by atoms with Crippen molar-refractivity contribution in [1.82, 2.24) is 0 Å². The monoisotopic (exact) mass is 406 g/mol. The lowest BCUT2D eigenvalue weighted by Gasteiger charge is -2.19. The Morgan fingerprint density at radius 2 is 1.43 bits per heavy atom. The molecule has 1 aliphatic rings. The van der Waals surface area contributed by atoms with Crippen LogP contribution in [0, 0.1) is 6.92 Å². The second-order valence-electron chi connectivity index (χ2n) is 6.65. The summed E-state index contributed by atoms with van der Waals surface area (Å²) in [4.78, 5) is 35.1. The van der Waals surface area contributed by atoms with E-state index in [0.717, 1.165) is 0 Å². The number of ether oxygens (including phenoxy) is 1. The van der Waals surface area contributed by atoms with Gasteiger partial charge < -0.3 is 20.1 Å². The van der Waals surface area contributed by atoms with Gasteiger partial charge in [-0.2, -0.15) is 0 Å². The molecule has 0 bridgehead atoms. The maximum atomic E-state index is 12.3. The molecule has 4 rings (SSSR count). The Labute approximate surface area is 171 Å². The minimum Gasteiger partial charge on any atom is -0.508 e. The van der Waals surface area contributed by atoms with E-state index in [9.17, 15) is 24.6 Å². The van der Waals surface area contributed by atoms with Gasteiger partial charge in [-0.15, -0.1) is 0 Å². The van der Waals surface area contributed by atoms with Crippen LogP contribution in [0.4, 0.5) is 0 Å². The number of aryl methyl sites for hydroxylation is 1. The van der Waals surface area contributed by atoms with Crippen LogP contribution in [0.25, 0.3) is 0 Å². The number of hydrogen-bond donors (Lipinski definition) is 3. The van der Waals surface area contributed by atoms with Gasteiger partial charge in [-0.25, -0.2) is 0 Å². The van der Waals surface area contributed by atoms with Gasteiger partial charge >= 0.3 is 5.97 Å². The molecule has 0 saturated heterocycles. The van der Waals surface area contributed by atoms with Gasteiger partial charge in [-0.05, 0) is 55.0 Å². The maximum absolute atomic E-state index is 12.3. The van der Waals surface area contributed by atoms with E-state index in [1.165, 1.54) is 55.5 Å². The molecule has 0 aliphatic heterocycles. The summed E-state index contributed by atoms with van der Waals surface area (Å²) in [5, 5.41) is 28.5. The fourth-order valence-corrected chi connectivity index (χ4v) is 3.10. The van der Waals surface area contributed by atoms with E-state index < -0.39 is 5.78 Å². The first-order chi connectivity index (χ1) is 14.2. The van der Waals surface area contributed by atoms with E-state index in [1.54, 1.807) is 13.0 Å². The normalized spacial score (nSPS) is 11.7. The number of phenolic OH excluding ortho intramolecular Hbond substituents is 3. The minimum atomic E-state index is -0.528. The highest BCUT2D eigenvalue weighted by Crippen LogP contribution is 2.36. The number of hydrogen-bond acceptors (Lipinski definition) is 7. The molecule has 0 fully saturated rings. The van der Waals surface area contributed by atoms with Crippen molar-refractivity contribution in [2.45, 2.75) is 13.8 Å². The zero-order valence-electron chi connectivity index (χ0n) is 16.2. The quantitative estimate of drug-likeness (QED) is 0.327. The first-order valence-electron chi connectivity index (χ1n) is 8.91. The molecule has 3 aromatic carbocycles. The van der Waals surface area contributed by atoms with Crippen LogP contribution in [0.3, 0.4) is 0 Å². The molecule has 0 unspecified atom stereocenters. The van der Waals surface area contributed by atoms with E-state index in [4.69, 9.17) is 9.84 Å². The summed E-state index contributed by atoms with van der Waals surface area (Å²) in [5.41, 5.74) is 0.966. The minimum absolute atomic E-state index is 0.0374. The number of aromatic hydroxyl groups is 3. The second kappa shape index (κ2) is 8.08. The Morgan fingerprint density at radius 1 is 0.800 bits per heavy atom. The lowest BCUT2D eigenvalue weighted by atomic mass is 9.82. The molecule has 0 saturated carbocycles. The molecule has 0 radical (unpaired) electrons. The Hall–Kier alpha value is -4.13. The highest BCUT2D eigenvalue weighted by molar-refractivity contribution is 6.30. The first kappa shape index (κ1) is 20.6. The van der Waals surface area contributed by atoms with Gasteiger partial charge in [0.1, 0.15) is 23.0 Å². The molecule has 7 nitrogen and oxygen atoms in total. The molecule has 7 heteroatoms. The Morgan fingerprint density at radius 3 is 2.07 bits per heavy atom. The number of fused-ring (bicyclic) bond motifs is 2. The van der Waals surface area contributed by atoms with Gasteiger partial charge in [-0.3, -0.25) is 14.4 Å². The van der Waals surface area contributed by atoms with Crippen LogP contribution in [0.15, 0.2) is 54.6 Å². The number of phenols is 3. The van der Waals surface area contributed by atoms with Crippen molar-refractivity contribution in [2.75, 3.05) is 0 Å². The molecular formula is C23H18O7. The predicted octanol–water partition coefficient (Wildman–Crippen LogP) is 3.50. The number of carbonyl (C=O) groups excluding carboxylic acids is 3. The van der Waals surface area contributed by atoms with Crippen molar-refractivity contribution >= 4 is 17.5 Å². The van der Waals surface area contributed by atoms with Gasteiger partial charge in [0.25, 0.3) is 0 Å². The molecule has 0 spiro atoms. The Bertz CT molecular complexity index is 1160. The predicted molar refractivity (Wildman–Crippen MR) is 107 cm³/mol. The van der Waals surface area contributed by atoms with Crippen molar-refractivity contribution < 1.29 is 34.4 Å². The van der Waals surface area contributed by atoms with Crippen molar-refractivity contribution in [1.29, 1.82) is 0 Å². The zero-order chi connectivity index (χ0) is 22.0. The molecule has 0 heterocycles. The first-order valence-corrected chi connectivity index (χ1v) is 8.91. The summed E-state index contributed by atoms with van der Waals surface area (Å²) in [5.74, 6) is -1.14.